The van der Waals surface area contributed by atoms with Crippen molar-refractivity contribution in [1.82, 2.24) is 10.2 Å². The Kier molecular flexibility index (Phi) is 5.66. The lowest BCUT2D eigenvalue weighted by molar-refractivity contribution is -0.121. The lowest BCUT2D eigenvalue weighted by atomic mass is 10.0. The van der Waals surface area contributed by atoms with Gasteiger partial charge in [-0.25, -0.2) is 8.78 Å². The highest BCUT2D eigenvalue weighted by molar-refractivity contribution is 5.79. The highest BCUT2D eigenvalue weighted by atomic mass is 19.3. The molecule has 3 atom stereocenters. The van der Waals surface area contributed by atoms with Crippen LogP contribution in [-0.4, -0.2) is 66.3 Å². The number of ether oxygens (including phenoxy) is 1. The van der Waals surface area contributed by atoms with Crippen LogP contribution >= 0.6 is 0 Å². The molecule has 2 aliphatic heterocycles. The van der Waals surface area contributed by atoms with Gasteiger partial charge in [-0.3, -0.25) is 4.79 Å². The third kappa shape index (κ3) is 4.96. The third-order valence-corrected chi connectivity index (χ3v) is 4.86. The van der Waals surface area contributed by atoms with Gasteiger partial charge in [0, 0.05) is 32.5 Å². The molecular weight excluding hydrogens is 330 g/mol. The number of likely N-dealkylation sites (tertiary alicyclic amines) is 1. The van der Waals surface area contributed by atoms with Gasteiger partial charge in [-0.15, -0.1) is 0 Å². The lowest BCUT2D eigenvalue weighted by Gasteiger charge is -2.33. The first-order chi connectivity index (χ1) is 11.9. The Hall–Kier alpha value is -1.57. The van der Waals surface area contributed by atoms with E-state index >= 15 is 0 Å². The van der Waals surface area contributed by atoms with Crippen molar-refractivity contribution in [3.63, 3.8) is 0 Å². The number of hydrogen-bond acceptors (Lipinski definition) is 4. The van der Waals surface area contributed by atoms with Gasteiger partial charge in [0.1, 0.15) is 6.10 Å². The van der Waals surface area contributed by atoms with Crippen LogP contribution < -0.4 is 5.32 Å². The third-order valence-electron chi connectivity index (χ3n) is 4.86. The van der Waals surface area contributed by atoms with Crippen LogP contribution in [-0.2, 0) is 16.0 Å². The van der Waals surface area contributed by atoms with Crippen LogP contribution in [0.25, 0.3) is 0 Å². The number of nitrogens with one attached hydrogen (secondary N) is 1. The van der Waals surface area contributed by atoms with Crippen LogP contribution in [0.1, 0.15) is 18.4 Å². The van der Waals surface area contributed by atoms with Gasteiger partial charge in [0.15, 0.2) is 0 Å². The number of nitrogens with zero attached hydrogens (tertiary/aromatic N) is 1. The van der Waals surface area contributed by atoms with Gasteiger partial charge in [0.25, 0.3) is 5.92 Å². The number of aliphatic hydroxyl groups is 1. The summed E-state index contributed by atoms with van der Waals surface area (Å²) in [4.78, 5) is 14.0. The number of aliphatic hydroxyl groups excluding tert-OH is 1. The second-order valence-electron chi connectivity index (χ2n) is 6.86. The van der Waals surface area contributed by atoms with Crippen molar-refractivity contribution in [2.24, 2.45) is 0 Å². The van der Waals surface area contributed by atoms with Gasteiger partial charge in [-0.2, -0.15) is 0 Å². The topological polar surface area (TPSA) is 61.8 Å². The van der Waals surface area contributed by atoms with Crippen molar-refractivity contribution in [3.05, 3.63) is 35.9 Å². The summed E-state index contributed by atoms with van der Waals surface area (Å²) in [5, 5.41) is 13.2. The highest BCUT2D eigenvalue weighted by Crippen LogP contribution is 2.28. The molecule has 1 amide bonds. The van der Waals surface area contributed by atoms with Gasteiger partial charge in [-0.1, -0.05) is 30.3 Å². The summed E-state index contributed by atoms with van der Waals surface area (Å²) in [7, 11) is 0. The van der Waals surface area contributed by atoms with E-state index in [2.05, 4.69) is 5.32 Å². The predicted octanol–water partition coefficient (Wildman–Crippen LogP) is 1.20. The standard InChI is InChI=1S/C18H24F2N2O3/c19-18(20)6-8-22(9-7-18)11-15-17(24)14(12-25-15)21-16(23)10-13-4-2-1-3-5-13/h1-5,14-15,17,24H,6-12H2,(H,21,23). The fourth-order valence-electron chi connectivity index (χ4n) is 3.33. The maximum absolute atomic E-state index is 13.2. The first-order valence-electron chi connectivity index (χ1n) is 8.66. The Bertz CT molecular complexity index is 575. The van der Waals surface area contributed by atoms with Gasteiger partial charge >= 0.3 is 0 Å². The number of carbonyl (C=O) groups is 1. The summed E-state index contributed by atoms with van der Waals surface area (Å²) >= 11 is 0. The summed E-state index contributed by atoms with van der Waals surface area (Å²) < 4.78 is 32.0. The Morgan fingerprint density at radius 2 is 1.96 bits per heavy atom. The molecule has 1 aromatic rings. The van der Waals surface area contributed by atoms with Crippen molar-refractivity contribution in [1.29, 1.82) is 0 Å². The second-order valence-corrected chi connectivity index (χ2v) is 6.86. The van der Waals surface area contributed by atoms with E-state index in [-0.39, 0.29) is 31.8 Å². The van der Waals surface area contributed by atoms with E-state index in [1.54, 1.807) is 0 Å². The van der Waals surface area contributed by atoms with E-state index in [0.717, 1.165) is 5.56 Å². The van der Waals surface area contributed by atoms with Crippen LogP contribution in [0, 0.1) is 0 Å². The van der Waals surface area contributed by atoms with Gasteiger partial charge in [-0.05, 0) is 5.56 Å². The number of halogens is 2. The molecule has 1 aromatic carbocycles. The van der Waals surface area contributed by atoms with E-state index in [4.69, 9.17) is 4.74 Å². The zero-order valence-electron chi connectivity index (χ0n) is 14.0. The summed E-state index contributed by atoms with van der Waals surface area (Å²) in [5.41, 5.74) is 0.902. The summed E-state index contributed by atoms with van der Waals surface area (Å²) in [6.45, 7) is 1.23. The predicted molar refractivity (Wildman–Crippen MR) is 88.4 cm³/mol. The average Bonchev–Trinajstić information content (AvgIpc) is 2.91. The number of piperidine rings is 1. The van der Waals surface area contributed by atoms with E-state index in [0.29, 0.717) is 19.6 Å². The summed E-state index contributed by atoms with van der Waals surface area (Å²) in [6, 6.07) is 8.90. The molecule has 0 aliphatic carbocycles. The zero-order valence-corrected chi connectivity index (χ0v) is 14.0. The molecule has 138 valence electrons. The van der Waals surface area contributed by atoms with E-state index < -0.39 is 24.2 Å². The molecule has 2 aliphatic rings. The molecule has 2 N–H and O–H groups in total. The lowest BCUT2D eigenvalue weighted by Crippen LogP contribution is -2.49. The Labute approximate surface area is 146 Å². The number of amides is 1. The maximum atomic E-state index is 13.2. The van der Waals surface area contributed by atoms with Crippen molar-refractivity contribution < 1.29 is 23.4 Å². The van der Waals surface area contributed by atoms with Crippen molar-refractivity contribution in [3.8, 4) is 0 Å². The minimum absolute atomic E-state index is 0.160. The number of benzene rings is 1. The molecule has 5 nitrogen and oxygen atoms in total. The first kappa shape index (κ1) is 18.2. The normalized spacial score (nSPS) is 29.5. The fraction of sp³-hybridized carbons (Fsp3) is 0.611. The Morgan fingerprint density at radius 3 is 2.64 bits per heavy atom. The zero-order chi connectivity index (χ0) is 17.9. The molecule has 0 spiro atoms. The SMILES string of the molecule is O=C(Cc1ccccc1)NC1COC(CN2CCC(F)(F)CC2)C1O. The van der Waals surface area contributed by atoms with E-state index in [1.807, 2.05) is 35.2 Å². The molecule has 0 bridgehead atoms. The van der Waals surface area contributed by atoms with Gasteiger partial charge < -0.3 is 20.1 Å². The quantitative estimate of drug-likeness (QED) is 0.834. The summed E-state index contributed by atoms with van der Waals surface area (Å²) in [6.07, 6.45) is -1.37. The van der Waals surface area contributed by atoms with E-state index in [9.17, 15) is 18.7 Å². The first-order valence-corrected chi connectivity index (χ1v) is 8.66. The molecule has 2 heterocycles. The number of carbonyl (C=O) groups excluding carboxylic acids is 1. The highest BCUT2D eigenvalue weighted by Gasteiger charge is 2.40. The average molecular weight is 354 g/mol. The van der Waals surface area contributed by atoms with Crippen LogP contribution in [0.3, 0.4) is 0 Å². The van der Waals surface area contributed by atoms with Gasteiger partial charge in [0.05, 0.1) is 25.2 Å². The molecule has 2 saturated heterocycles. The summed E-state index contributed by atoms with van der Waals surface area (Å²) in [5.74, 6) is -2.75. The molecule has 0 saturated carbocycles. The molecule has 0 radical (unpaired) electrons. The number of rotatable bonds is 5. The van der Waals surface area contributed by atoms with Gasteiger partial charge in [0.2, 0.25) is 5.91 Å². The minimum atomic E-state index is -2.58. The largest absolute Gasteiger partial charge is 0.388 e. The Morgan fingerprint density at radius 1 is 1.28 bits per heavy atom. The fourth-order valence-corrected chi connectivity index (χ4v) is 3.33. The molecule has 7 heteroatoms. The monoisotopic (exact) mass is 354 g/mol. The molecule has 25 heavy (non-hydrogen) atoms. The number of hydrogen-bond donors (Lipinski definition) is 2. The number of alkyl halides is 2. The molecule has 3 unspecified atom stereocenters. The second kappa shape index (κ2) is 7.76. The van der Waals surface area contributed by atoms with E-state index in [1.165, 1.54) is 0 Å². The van der Waals surface area contributed by atoms with Crippen LogP contribution in [0.5, 0.6) is 0 Å². The van der Waals surface area contributed by atoms with Crippen LogP contribution in [0.15, 0.2) is 30.3 Å². The van der Waals surface area contributed by atoms with Crippen molar-refractivity contribution in [2.75, 3.05) is 26.2 Å². The van der Waals surface area contributed by atoms with Crippen LogP contribution in [0.4, 0.5) is 8.78 Å². The minimum Gasteiger partial charge on any atom is -0.388 e. The van der Waals surface area contributed by atoms with Crippen LogP contribution in [0.2, 0.25) is 0 Å². The molecule has 3 rings (SSSR count). The van der Waals surface area contributed by atoms with Crippen molar-refractivity contribution in [2.45, 2.75) is 43.4 Å². The smallest absolute Gasteiger partial charge is 0.250 e. The molecular formula is C18H24F2N2O3. The Balaban J connectivity index is 1.45. The molecule has 2 fully saturated rings. The van der Waals surface area contributed by atoms with Crippen molar-refractivity contribution >= 4 is 5.91 Å². The maximum Gasteiger partial charge on any atom is 0.250 e. The molecule has 0 aromatic heterocycles.